The normalized spacial score (nSPS) is 31.0. The van der Waals surface area contributed by atoms with Crippen LogP contribution in [-0.2, 0) is 20.8 Å². The van der Waals surface area contributed by atoms with Crippen LogP contribution in [0.25, 0.3) is 0 Å². The number of benzene rings is 2. The Bertz CT molecular complexity index is 1320. The van der Waals surface area contributed by atoms with Crippen LogP contribution in [0.2, 0.25) is 24.2 Å². The molecule has 0 saturated heterocycles. The van der Waals surface area contributed by atoms with Crippen LogP contribution in [0.1, 0.15) is 49.1 Å². The van der Waals surface area contributed by atoms with Gasteiger partial charge in [0.15, 0.2) is 0 Å². The zero-order chi connectivity index (χ0) is 30.6. The van der Waals surface area contributed by atoms with Gasteiger partial charge in [0.2, 0.25) is 0 Å². The van der Waals surface area contributed by atoms with E-state index >= 15 is 0 Å². The molecule has 242 valence electrons. The summed E-state index contributed by atoms with van der Waals surface area (Å²) in [7, 11) is 11.7. The average Bonchev–Trinajstić information content (AvgIpc) is 3.44. The van der Waals surface area contributed by atoms with Crippen molar-refractivity contribution in [3.05, 3.63) is 123 Å². The molecule has 2 saturated carbocycles. The van der Waals surface area contributed by atoms with Gasteiger partial charge in [-0.05, 0) is 88.9 Å². The van der Waals surface area contributed by atoms with E-state index in [4.69, 9.17) is 26.5 Å². The van der Waals surface area contributed by atoms with Gasteiger partial charge in [-0.2, -0.15) is 0 Å². The first kappa shape index (κ1) is 38.1. The van der Waals surface area contributed by atoms with Crippen molar-refractivity contribution in [2.24, 2.45) is 29.6 Å². The molecule has 0 radical (unpaired) electrons. The maximum absolute atomic E-state index is 5.46. The van der Waals surface area contributed by atoms with Gasteiger partial charge in [0, 0.05) is 11.8 Å². The summed E-state index contributed by atoms with van der Waals surface area (Å²) in [6.07, 6.45) is 23.5. The molecule has 0 aliphatic heterocycles. The molecule has 2 aromatic rings. The summed E-state index contributed by atoms with van der Waals surface area (Å²) in [6.45, 7) is 8.09. The van der Waals surface area contributed by atoms with E-state index in [2.05, 4.69) is 117 Å². The summed E-state index contributed by atoms with van der Waals surface area (Å²) < 4.78 is 10.9. The number of methoxy groups -OCH3 is 2. The second-order valence-corrected chi connectivity index (χ2v) is 22.2. The fourth-order valence-electron chi connectivity index (χ4n) is 9.53. The van der Waals surface area contributed by atoms with Crippen molar-refractivity contribution in [3.63, 3.8) is 0 Å². The van der Waals surface area contributed by atoms with Crippen LogP contribution >= 0.6 is 17.0 Å². The van der Waals surface area contributed by atoms with E-state index in [0.29, 0.717) is 35.5 Å². The molecule has 4 aliphatic rings. The van der Waals surface area contributed by atoms with E-state index in [1.54, 1.807) is 14.2 Å². The van der Waals surface area contributed by atoms with Crippen LogP contribution in [0, 0.1) is 44.4 Å². The third-order valence-electron chi connectivity index (χ3n) is 11.2. The van der Waals surface area contributed by atoms with E-state index < -0.39 is 28.9 Å². The summed E-state index contributed by atoms with van der Waals surface area (Å²) in [4.78, 5) is 0. The van der Waals surface area contributed by atoms with E-state index in [1.165, 1.54) is 30.4 Å². The van der Waals surface area contributed by atoms with Gasteiger partial charge in [-0.25, -0.2) is 0 Å². The van der Waals surface area contributed by atoms with E-state index in [0.717, 1.165) is 28.5 Å². The summed E-state index contributed by atoms with van der Waals surface area (Å²) in [6, 6.07) is 17.7. The van der Waals surface area contributed by atoms with Gasteiger partial charge in [-0.3, -0.25) is 0 Å². The summed E-state index contributed by atoms with van der Waals surface area (Å²) in [5.41, 5.74) is 4.50. The third-order valence-corrected chi connectivity index (χ3v) is 16.5. The fourth-order valence-corrected chi connectivity index (χ4v) is 15.2. The number of fused-ring (bicyclic) bond motifs is 2. The molecule has 2 nitrogen and oxygen atoms in total. The van der Waals surface area contributed by atoms with Gasteiger partial charge < -0.3 is 24.3 Å². The molecule has 9 atom stereocenters. The SMILES string of the molecule is COc1ccc(C2C=CC=CC3C2CCC3[Si](C)(C)C2C(C)CC3C(c4ccc(OC)cc4)C=CC=CC32)cc1.[CH3-].[CH3-].[Cl][Zr+2][Cl]. The first-order valence-electron chi connectivity index (χ1n) is 15.8. The number of allylic oxidation sites excluding steroid dienone is 8. The Balaban J connectivity index is 0.00000106. The first-order valence-corrected chi connectivity index (χ1v) is 25.3. The van der Waals surface area contributed by atoms with Crippen molar-refractivity contribution in [2.75, 3.05) is 14.2 Å². The molecule has 45 heavy (non-hydrogen) atoms. The van der Waals surface area contributed by atoms with Crippen molar-refractivity contribution in [2.45, 2.75) is 62.2 Å². The Kier molecular flexibility index (Phi) is 14.6. The van der Waals surface area contributed by atoms with Crippen LogP contribution in [0.3, 0.4) is 0 Å². The molecular formula is C39H52Cl2O2SiZr. The number of halogens is 2. The van der Waals surface area contributed by atoms with Gasteiger partial charge in [0.25, 0.3) is 0 Å². The molecule has 0 heterocycles. The van der Waals surface area contributed by atoms with Crippen molar-refractivity contribution in [1.82, 2.24) is 0 Å². The number of hydrogen-bond donors (Lipinski definition) is 0. The van der Waals surface area contributed by atoms with Crippen LogP contribution < -0.4 is 9.47 Å². The number of hydrogen-bond acceptors (Lipinski definition) is 2. The topological polar surface area (TPSA) is 18.5 Å². The Morgan fingerprint density at radius 1 is 0.667 bits per heavy atom. The average molecular weight is 743 g/mol. The fraction of sp³-hybridized carbons (Fsp3) is 0.436. The van der Waals surface area contributed by atoms with Crippen molar-refractivity contribution in [1.29, 1.82) is 0 Å². The monoisotopic (exact) mass is 740 g/mol. The van der Waals surface area contributed by atoms with Gasteiger partial charge in [0.1, 0.15) is 11.5 Å². The Hall–Kier alpha value is -1.32. The van der Waals surface area contributed by atoms with E-state index in [1.807, 2.05) is 0 Å². The molecule has 6 rings (SSSR count). The molecule has 0 aromatic heterocycles. The minimum atomic E-state index is -1.65. The van der Waals surface area contributed by atoms with Crippen molar-refractivity contribution in [3.8, 4) is 11.5 Å². The quantitative estimate of drug-likeness (QED) is 0.217. The Labute approximate surface area is 294 Å². The van der Waals surface area contributed by atoms with Crippen LogP contribution in [0.4, 0.5) is 0 Å². The molecule has 6 heteroatoms. The van der Waals surface area contributed by atoms with E-state index in [9.17, 15) is 0 Å². The molecule has 2 fully saturated rings. The second kappa shape index (κ2) is 17.2. The van der Waals surface area contributed by atoms with Crippen molar-refractivity contribution >= 4 is 25.1 Å². The molecule has 0 spiro atoms. The number of rotatable bonds is 6. The Morgan fingerprint density at radius 3 is 1.60 bits per heavy atom. The van der Waals surface area contributed by atoms with Crippen LogP contribution in [0.5, 0.6) is 11.5 Å². The Morgan fingerprint density at radius 2 is 1.11 bits per heavy atom. The van der Waals surface area contributed by atoms with Crippen LogP contribution in [0.15, 0.2) is 97.1 Å². The van der Waals surface area contributed by atoms with Gasteiger partial charge in [0.05, 0.1) is 22.3 Å². The maximum atomic E-state index is 5.46. The summed E-state index contributed by atoms with van der Waals surface area (Å²) >= 11 is -0.826. The molecule has 9 unspecified atom stereocenters. The molecule has 4 aliphatic carbocycles. The molecule has 2 aromatic carbocycles. The van der Waals surface area contributed by atoms with Gasteiger partial charge >= 0.3 is 37.9 Å². The molecule has 0 amide bonds. The van der Waals surface area contributed by atoms with Crippen molar-refractivity contribution < 1.29 is 30.3 Å². The minimum absolute atomic E-state index is 0. The summed E-state index contributed by atoms with van der Waals surface area (Å²) in [5, 5.41) is 0. The van der Waals surface area contributed by atoms with Crippen LogP contribution in [-0.4, -0.2) is 22.3 Å². The second-order valence-electron chi connectivity index (χ2n) is 13.4. The first-order chi connectivity index (χ1) is 20.8. The predicted molar refractivity (Wildman–Crippen MR) is 195 cm³/mol. The van der Waals surface area contributed by atoms with E-state index in [-0.39, 0.29) is 14.9 Å². The summed E-state index contributed by atoms with van der Waals surface area (Å²) in [5.74, 6) is 6.28. The molecular weight excluding hydrogens is 691 g/mol. The molecule has 0 N–H and O–H groups in total. The third kappa shape index (κ3) is 8.05. The number of ether oxygens (including phenoxy) is 2. The standard InChI is InChI=1S/C37H46O2Si.2CH3.2ClH.Zr/c1-25-24-35-31(27-16-20-29(39-3)21-17-27)11-7-9-13-34(35)37(25)40(4,5)36-23-22-32-30(10-6-8-12-33(32)36)26-14-18-28(38-2)19-15-26;;;;;/h6-21,25,30-37H,22-24H2,1-5H3;2*1H3;2*1H;/q;2*-1;;;+4/p-2. The molecule has 0 bridgehead atoms. The van der Waals surface area contributed by atoms with Gasteiger partial charge in [-0.15, -0.1) is 0 Å². The predicted octanol–water partition coefficient (Wildman–Crippen LogP) is 11.8. The van der Waals surface area contributed by atoms with Gasteiger partial charge in [-0.1, -0.05) is 99.3 Å². The zero-order valence-electron chi connectivity index (χ0n) is 28.1. The zero-order valence-corrected chi connectivity index (χ0v) is 33.1.